The van der Waals surface area contributed by atoms with E-state index in [-0.39, 0.29) is 0 Å². The Labute approximate surface area is 117 Å². The molecule has 3 aromatic rings. The number of ether oxygens (including phenoxy) is 1. The molecule has 4 heteroatoms. The summed E-state index contributed by atoms with van der Waals surface area (Å²) in [5, 5.41) is 0. The van der Waals surface area contributed by atoms with Crippen LogP contribution < -0.4 is 10.5 Å². The minimum absolute atomic E-state index is 0.506. The number of hydrogen-bond acceptors (Lipinski definition) is 3. The summed E-state index contributed by atoms with van der Waals surface area (Å²) >= 11 is 0. The van der Waals surface area contributed by atoms with Gasteiger partial charge in [0.1, 0.15) is 11.3 Å². The van der Waals surface area contributed by atoms with Crippen LogP contribution in [0.5, 0.6) is 5.75 Å². The number of aryl methyl sites for hydroxylation is 1. The topological polar surface area (TPSA) is 53.1 Å². The van der Waals surface area contributed by atoms with Gasteiger partial charge in [-0.25, -0.2) is 4.98 Å². The SMILES string of the molecule is COc1cccc2c1nc(N)n2Cc1cccc(C)c1. The molecule has 0 radical (unpaired) electrons. The molecule has 20 heavy (non-hydrogen) atoms. The quantitative estimate of drug-likeness (QED) is 0.793. The van der Waals surface area contributed by atoms with Crippen molar-refractivity contribution in [1.82, 2.24) is 9.55 Å². The smallest absolute Gasteiger partial charge is 0.201 e. The number of nitrogens with two attached hydrogens (primary N) is 1. The van der Waals surface area contributed by atoms with E-state index in [0.717, 1.165) is 16.8 Å². The van der Waals surface area contributed by atoms with E-state index < -0.39 is 0 Å². The highest BCUT2D eigenvalue weighted by atomic mass is 16.5. The Bertz CT molecular complexity index is 762. The number of benzene rings is 2. The lowest BCUT2D eigenvalue weighted by Crippen LogP contribution is -2.04. The molecule has 0 fully saturated rings. The molecule has 0 spiro atoms. The molecule has 2 N–H and O–H groups in total. The molecule has 4 nitrogen and oxygen atoms in total. The number of fused-ring (bicyclic) bond motifs is 1. The Kier molecular flexibility index (Phi) is 3.06. The molecule has 0 aliphatic carbocycles. The van der Waals surface area contributed by atoms with Crippen LogP contribution in [-0.2, 0) is 6.54 Å². The fourth-order valence-corrected chi connectivity index (χ4v) is 2.46. The number of aromatic nitrogens is 2. The first kappa shape index (κ1) is 12.5. The fourth-order valence-electron chi connectivity index (χ4n) is 2.46. The van der Waals surface area contributed by atoms with Gasteiger partial charge in [0.15, 0.2) is 0 Å². The van der Waals surface area contributed by atoms with Crippen molar-refractivity contribution in [3.63, 3.8) is 0 Å². The summed E-state index contributed by atoms with van der Waals surface area (Å²) < 4.78 is 7.34. The minimum Gasteiger partial charge on any atom is -0.494 e. The van der Waals surface area contributed by atoms with E-state index in [0.29, 0.717) is 12.5 Å². The predicted octanol–water partition coefficient (Wildman–Crippen LogP) is 2.98. The number of imidazole rings is 1. The number of para-hydroxylation sites is 1. The van der Waals surface area contributed by atoms with Gasteiger partial charge in [-0.3, -0.25) is 0 Å². The van der Waals surface area contributed by atoms with Gasteiger partial charge in [0.25, 0.3) is 0 Å². The molecule has 0 unspecified atom stereocenters. The highest BCUT2D eigenvalue weighted by Gasteiger charge is 2.12. The van der Waals surface area contributed by atoms with Crippen LogP contribution in [0, 0.1) is 6.92 Å². The van der Waals surface area contributed by atoms with Crippen LogP contribution in [0.15, 0.2) is 42.5 Å². The van der Waals surface area contributed by atoms with E-state index in [1.807, 2.05) is 22.8 Å². The van der Waals surface area contributed by atoms with Crippen LogP contribution in [0.2, 0.25) is 0 Å². The number of hydrogen-bond donors (Lipinski definition) is 1. The van der Waals surface area contributed by atoms with Crippen molar-refractivity contribution in [3.8, 4) is 5.75 Å². The van der Waals surface area contributed by atoms with Crippen molar-refractivity contribution in [2.24, 2.45) is 0 Å². The van der Waals surface area contributed by atoms with Gasteiger partial charge in [0, 0.05) is 0 Å². The predicted molar refractivity (Wildman–Crippen MR) is 81.0 cm³/mol. The summed E-state index contributed by atoms with van der Waals surface area (Å²) in [6, 6.07) is 14.3. The Balaban J connectivity index is 2.10. The van der Waals surface area contributed by atoms with E-state index in [9.17, 15) is 0 Å². The summed E-state index contributed by atoms with van der Waals surface area (Å²) in [6.07, 6.45) is 0. The average Bonchev–Trinajstić information content (AvgIpc) is 2.75. The first-order valence-corrected chi connectivity index (χ1v) is 6.53. The number of nitrogens with zero attached hydrogens (tertiary/aromatic N) is 2. The van der Waals surface area contributed by atoms with Crippen molar-refractivity contribution >= 4 is 17.0 Å². The molecule has 102 valence electrons. The Morgan fingerprint density at radius 2 is 2.00 bits per heavy atom. The van der Waals surface area contributed by atoms with E-state index in [1.165, 1.54) is 11.1 Å². The first-order chi connectivity index (χ1) is 9.69. The van der Waals surface area contributed by atoms with Crippen LogP contribution >= 0.6 is 0 Å². The molecule has 2 aromatic carbocycles. The van der Waals surface area contributed by atoms with Gasteiger partial charge in [0.05, 0.1) is 19.2 Å². The lowest BCUT2D eigenvalue weighted by molar-refractivity contribution is 0.419. The summed E-state index contributed by atoms with van der Waals surface area (Å²) in [5.41, 5.74) is 10.3. The van der Waals surface area contributed by atoms with Crippen molar-refractivity contribution in [2.75, 3.05) is 12.8 Å². The molecule has 0 saturated heterocycles. The molecule has 0 aliphatic heterocycles. The van der Waals surface area contributed by atoms with Crippen LogP contribution in [-0.4, -0.2) is 16.7 Å². The monoisotopic (exact) mass is 267 g/mol. The van der Waals surface area contributed by atoms with Gasteiger partial charge in [-0.15, -0.1) is 0 Å². The lowest BCUT2D eigenvalue weighted by Gasteiger charge is -2.08. The summed E-state index contributed by atoms with van der Waals surface area (Å²) in [5.74, 6) is 1.25. The van der Waals surface area contributed by atoms with Crippen molar-refractivity contribution in [3.05, 3.63) is 53.6 Å². The Morgan fingerprint density at radius 1 is 1.20 bits per heavy atom. The molecular weight excluding hydrogens is 250 g/mol. The molecule has 1 aromatic heterocycles. The van der Waals surface area contributed by atoms with Crippen LogP contribution in [0.3, 0.4) is 0 Å². The minimum atomic E-state index is 0.506. The second-order valence-electron chi connectivity index (χ2n) is 4.87. The van der Waals surface area contributed by atoms with Gasteiger partial charge in [0.2, 0.25) is 5.95 Å². The van der Waals surface area contributed by atoms with Crippen molar-refractivity contribution < 1.29 is 4.74 Å². The summed E-state index contributed by atoms with van der Waals surface area (Å²) in [7, 11) is 1.64. The zero-order valence-electron chi connectivity index (χ0n) is 11.6. The summed E-state index contributed by atoms with van der Waals surface area (Å²) in [4.78, 5) is 4.42. The van der Waals surface area contributed by atoms with Gasteiger partial charge in [-0.1, -0.05) is 35.9 Å². The number of rotatable bonds is 3. The molecular formula is C16H17N3O. The normalized spacial score (nSPS) is 10.9. The zero-order chi connectivity index (χ0) is 14.1. The molecule has 0 saturated carbocycles. The Hall–Kier alpha value is -2.49. The fraction of sp³-hybridized carbons (Fsp3) is 0.188. The molecule has 0 aliphatic rings. The first-order valence-electron chi connectivity index (χ1n) is 6.53. The van der Waals surface area contributed by atoms with E-state index >= 15 is 0 Å². The van der Waals surface area contributed by atoms with E-state index in [1.54, 1.807) is 7.11 Å². The number of anilines is 1. The molecule has 3 rings (SSSR count). The Morgan fingerprint density at radius 3 is 2.75 bits per heavy atom. The third-order valence-corrected chi connectivity index (χ3v) is 3.41. The third-order valence-electron chi connectivity index (χ3n) is 3.41. The van der Waals surface area contributed by atoms with E-state index in [4.69, 9.17) is 10.5 Å². The van der Waals surface area contributed by atoms with Gasteiger partial charge in [-0.2, -0.15) is 0 Å². The molecule has 0 atom stereocenters. The lowest BCUT2D eigenvalue weighted by atomic mass is 10.1. The molecule has 0 amide bonds. The maximum atomic E-state index is 6.06. The van der Waals surface area contributed by atoms with E-state index in [2.05, 4.69) is 36.2 Å². The zero-order valence-corrected chi connectivity index (χ0v) is 11.6. The molecule has 0 bridgehead atoms. The highest BCUT2D eigenvalue weighted by molar-refractivity contribution is 5.84. The highest BCUT2D eigenvalue weighted by Crippen LogP contribution is 2.27. The number of methoxy groups -OCH3 is 1. The third kappa shape index (κ3) is 2.09. The van der Waals surface area contributed by atoms with Crippen LogP contribution in [0.25, 0.3) is 11.0 Å². The maximum Gasteiger partial charge on any atom is 0.201 e. The second-order valence-corrected chi connectivity index (χ2v) is 4.87. The van der Waals surface area contributed by atoms with Crippen molar-refractivity contribution in [2.45, 2.75) is 13.5 Å². The largest absolute Gasteiger partial charge is 0.494 e. The number of nitrogen functional groups attached to an aromatic ring is 1. The van der Waals surface area contributed by atoms with Crippen LogP contribution in [0.1, 0.15) is 11.1 Å². The molecule has 1 heterocycles. The van der Waals surface area contributed by atoms with Crippen LogP contribution in [0.4, 0.5) is 5.95 Å². The standard InChI is InChI=1S/C16H17N3O/c1-11-5-3-6-12(9-11)10-19-13-7-4-8-14(20-2)15(13)18-16(19)17/h3-9H,10H2,1-2H3,(H2,17,18). The van der Waals surface area contributed by atoms with Gasteiger partial charge >= 0.3 is 0 Å². The van der Waals surface area contributed by atoms with Gasteiger partial charge < -0.3 is 15.0 Å². The average molecular weight is 267 g/mol. The second kappa shape index (κ2) is 4.89. The summed E-state index contributed by atoms with van der Waals surface area (Å²) in [6.45, 7) is 2.79. The van der Waals surface area contributed by atoms with Crippen molar-refractivity contribution in [1.29, 1.82) is 0 Å². The van der Waals surface area contributed by atoms with Gasteiger partial charge in [-0.05, 0) is 24.6 Å². The maximum absolute atomic E-state index is 6.06.